The molecule has 1 aromatic heterocycles. The molecule has 0 saturated heterocycles. The van der Waals surface area contributed by atoms with Crippen LogP contribution in [0.5, 0.6) is 0 Å². The number of aromatic nitrogens is 3. The van der Waals surface area contributed by atoms with Gasteiger partial charge in [0, 0.05) is 10.9 Å². The number of thioether (sulfide) groups is 1. The third-order valence-electron chi connectivity index (χ3n) is 2.63. The largest absolute Gasteiger partial charge is 0.481 e. The smallest absolute Gasteiger partial charge is 0.313 e. The third kappa shape index (κ3) is 3.40. The highest BCUT2D eigenvalue weighted by Crippen LogP contribution is 2.25. The zero-order chi connectivity index (χ0) is 14.7. The van der Waals surface area contributed by atoms with Crippen molar-refractivity contribution in [3.63, 3.8) is 0 Å². The molecule has 1 N–H and O–H groups in total. The van der Waals surface area contributed by atoms with Crippen LogP contribution in [-0.2, 0) is 11.2 Å². The van der Waals surface area contributed by atoms with Crippen LogP contribution >= 0.6 is 27.7 Å². The molecule has 5 nitrogen and oxygen atoms in total. The fourth-order valence-corrected chi connectivity index (χ4v) is 3.14. The van der Waals surface area contributed by atoms with Gasteiger partial charge >= 0.3 is 5.97 Å². The number of carboxylic acid groups (broad SMARTS) is 1. The van der Waals surface area contributed by atoms with E-state index < -0.39 is 5.97 Å². The number of carboxylic acids is 1. The van der Waals surface area contributed by atoms with Gasteiger partial charge in [-0.1, -0.05) is 34.6 Å². The second-order valence-corrected chi connectivity index (χ2v) is 6.12. The highest BCUT2D eigenvalue weighted by Gasteiger charge is 2.15. The van der Waals surface area contributed by atoms with E-state index in [-0.39, 0.29) is 5.75 Å². The lowest BCUT2D eigenvalue weighted by Crippen LogP contribution is -2.04. The molecular formula is C13H14BrN3O2S. The normalized spacial score (nSPS) is 10.8. The van der Waals surface area contributed by atoms with Crippen molar-refractivity contribution in [3.05, 3.63) is 34.1 Å². The van der Waals surface area contributed by atoms with Crippen LogP contribution in [0.4, 0.5) is 0 Å². The van der Waals surface area contributed by atoms with Crippen LogP contribution in [-0.4, -0.2) is 31.6 Å². The van der Waals surface area contributed by atoms with Gasteiger partial charge in [0.25, 0.3) is 0 Å². The number of benzene rings is 1. The molecule has 0 fully saturated rings. The lowest BCUT2D eigenvalue weighted by molar-refractivity contribution is -0.133. The van der Waals surface area contributed by atoms with Gasteiger partial charge in [0.15, 0.2) is 5.16 Å². The van der Waals surface area contributed by atoms with E-state index in [0.29, 0.717) is 5.16 Å². The topological polar surface area (TPSA) is 68.0 Å². The molecule has 2 rings (SSSR count). The minimum absolute atomic E-state index is 0.0329. The quantitative estimate of drug-likeness (QED) is 0.834. The van der Waals surface area contributed by atoms with Gasteiger partial charge in [0.05, 0.1) is 11.4 Å². The van der Waals surface area contributed by atoms with Gasteiger partial charge in [-0.2, -0.15) is 0 Å². The number of aryl methyl sites for hydroxylation is 2. The molecule has 20 heavy (non-hydrogen) atoms. The molecule has 0 unspecified atom stereocenters. The molecule has 0 radical (unpaired) electrons. The molecule has 7 heteroatoms. The van der Waals surface area contributed by atoms with Gasteiger partial charge in [-0.25, -0.2) is 0 Å². The minimum atomic E-state index is -0.868. The Morgan fingerprint density at radius 2 is 2.15 bits per heavy atom. The summed E-state index contributed by atoms with van der Waals surface area (Å²) in [7, 11) is 0. The number of hydrogen-bond acceptors (Lipinski definition) is 4. The standard InChI is InChI=1S/C13H14BrN3O2S/c1-3-11-15-16-13(20-7-12(18)19)17(11)10-5-8(2)4-9(14)6-10/h4-6H,3,7H2,1-2H3,(H,18,19). The van der Waals surface area contributed by atoms with Gasteiger partial charge in [-0.3, -0.25) is 9.36 Å². The Kier molecular flexibility index (Phi) is 4.82. The summed E-state index contributed by atoms with van der Waals surface area (Å²) in [4.78, 5) is 10.7. The molecule has 0 aliphatic carbocycles. The molecule has 0 bridgehead atoms. The van der Waals surface area contributed by atoms with Gasteiger partial charge in [0.1, 0.15) is 5.82 Å². The minimum Gasteiger partial charge on any atom is -0.481 e. The van der Waals surface area contributed by atoms with Crippen LogP contribution in [0.2, 0.25) is 0 Å². The van der Waals surface area contributed by atoms with E-state index in [9.17, 15) is 4.79 Å². The molecule has 0 aliphatic rings. The Bertz CT molecular complexity index is 622. The average molecular weight is 356 g/mol. The summed E-state index contributed by atoms with van der Waals surface area (Å²) in [6.07, 6.45) is 0.728. The zero-order valence-corrected chi connectivity index (χ0v) is 13.5. The second-order valence-electron chi connectivity index (χ2n) is 4.26. The van der Waals surface area contributed by atoms with E-state index in [1.807, 2.05) is 36.6 Å². The van der Waals surface area contributed by atoms with E-state index >= 15 is 0 Å². The first-order valence-corrected chi connectivity index (χ1v) is 7.85. The fourth-order valence-electron chi connectivity index (χ4n) is 1.85. The number of carbonyl (C=O) groups is 1. The van der Waals surface area contributed by atoms with Crippen molar-refractivity contribution in [1.29, 1.82) is 0 Å². The van der Waals surface area contributed by atoms with E-state index in [1.165, 1.54) is 11.8 Å². The van der Waals surface area contributed by atoms with Crippen LogP contribution in [0.25, 0.3) is 5.69 Å². The van der Waals surface area contributed by atoms with Crippen LogP contribution < -0.4 is 0 Å². The van der Waals surface area contributed by atoms with Crippen LogP contribution in [0, 0.1) is 6.92 Å². The number of nitrogens with zero attached hydrogens (tertiary/aromatic N) is 3. The molecular weight excluding hydrogens is 342 g/mol. The Hall–Kier alpha value is -1.34. The SMILES string of the molecule is CCc1nnc(SCC(=O)O)n1-c1cc(C)cc(Br)c1. The van der Waals surface area contributed by atoms with E-state index in [2.05, 4.69) is 26.1 Å². The van der Waals surface area contributed by atoms with Crippen molar-refractivity contribution in [2.45, 2.75) is 25.4 Å². The lowest BCUT2D eigenvalue weighted by Gasteiger charge is -2.10. The van der Waals surface area contributed by atoms with Crippen LogP contribution in [0.3, 0.4) is 0 Å². The molecule has 1 heterocycles. The van der Waals surface area contributed by atoms with Gasteiger partial charge in [-0.15, -0.1) is 10.2 Å². The summed E-state index contributed by atoms with van der Waals surface area (Å²) in [5.74, 6) is -0.0853. The van der Waals surface area contributed by atoms with Crippen molar-refractivity contribution >= 4 is 33.7 Å². The predicted octanol–water partition coefficient (Wildman–Crippen LogP) is 3.08. The first-order chi connectivity index (χ1) is 9.51. The highest BCUT2D eigenvalue weighted by molar-refractivity contribution is 9.10. The van der Waals surface area contributed by atoms with Crippen molar-refractivity contribution in [1.82, 2.24) is 14.8 Å². The van der Waals surface area contributed by atoms with Crippen molar-refractivity contribution in [3.8, 4) is 5.69 Å². The molecule has 106 valence electrons. The van der Waals surface area contributed by atoms with Crippen molar-refractivity contribution in [2.24, 2.45) is 0 Å². The number of halogens is 1. The lowest BCUT2D eigenvalue weighted by atomic mass is 10.2. The van der Waals surface area contributed by atoms with E-state index in [0.717, 1.165) is 28.0 Å². The maximum Gasteiger partial charge on any atom is 0.313 e. The molecule has 0 amide bonds. The Labute approximate surface area is 129 Å². The summed E-state index contributed by atoms with van der Waals surface area (Å²) < 4.78 is 2.88. The molecule has 0 saturated carbocycles. The van der Waals surface area contributed by atoms with Crippen LogP contribution in [0.15, 0.2) is 27.8 Å². The van der Waals surface area contributed by atoms with E-state index in [4.69, 9.17) is 5.11 Å². The first kappa shape index (κ1) is 15.1. The van der Waals surface area contributed by atoms with Crippen molar-refractivity contribution < 1.29 is 9.90 Å². The number of hydrogen-bond donors (Lipinski definition) is 1. The fraction of sp³-hybridized carbons (Fsp3) is 0.308. The maximum absolute atomic E-state index is 10.7. The predicted molar refractivity (Wildman–Crippen MR) is 81.5 cm³/mol. The van der Waals surface area contributed by atoms with Crippen LogP contribution in [0.1, 0.15) is 18.3 Å². The first-order valence-electron chi connectivity index (χ1n) is 6.07. The maximum atomic E-state index is 10.7. The molecule has 0 atom stereocenters. The molecule has 0 aliphatic heterocycles. The summed E-state index contributed by atoms with van der Waals surface area (Å²) in [6, 6.07) is 6.02. The van der Waals surface area contributed by atoms with Gasteiger partial charge in [0.2, 0.25) is 0 Å². The monoisotopic (exact) mass is 355 g/mol. The summed E-state index contributed by atoms with van der Waals surface area (Å²) in [5, 5.41) is 17.6. The molecule has 2 aromatic rings. The van der Waals surface area contributed by atoms with Crippen molar-refractivity contribution in [2.75, 3.05) is 5.75 Å². The van der Waals surface area contributed by atoms with Gasteiger partial charge < -0.3 is 5.11 Å². The number of aliphatic carboxylic acids is 1. The summed E-state index contributed by atoms with van der Waals surface area (Å²) in [5.41, 5.74) is 2.05. The Morgan fingerprint density at radius 1 is 1.40 bits per heavy atom. The third-order valence-corrected chi connectivity index (χ3v) is 4.00. The zero-order valence-electron chi connectivity index (χ0n) is 11.1. The van der Waals surface area contributed by atoms with Gasteiger partial charge in [-0.05, 0) is 30.7 Å². The second kappa shape index (κ2) is 6.41. The molecule has 0 spiro atoms. The Morgan fingerprint density at radius 3 is 2.75 bits per heavy atom. The molecule has 1 aromatic carbocycles. The Balaban J connectivity index is 2.47. The highest BCUT2D eigenvalue weighted by atomic mass is 79.9. The average Bonchev–Trinajstić information content (AvgIpc) is 2.77. The number of rotatable bonds is 5. The van der Waals surface area contributed by atoms with E-state index in [1.54, 1.807) is 0 Å². The summed E-state index contributed by atoms with van der Waals surface area (Å²) >= 11 is 4.65. The summed E-state index contributed by atoms with van der Waals surface area (Å²) in [6.45, 7) is 4.01.